The van der Waals surface area contributed by atoms with E-state index in [0.29, 0.717) is 29.5 Å². The van der Waals surface area contributed by atoms with Gasteiger partial charge in [0.25, 0.3) is 0 Å². The minimum absolute atomic E-state index is 0.334. The number of aliphatic hydroxyl groups excluding tert-OH is 1. The molecule has 0 radical (unpaired) electrons. The van der Waals surface area contributed by atoms with Gasteiger partial charge in [0.15, 0.2) is 0 Å². The van der Waals surface area contributed by atoms with Gasteiger partial charge >= 0.3 is 0 Å². The van der Waals surface area contributed by atoms with E-state index >= 15 is 0 Å². The normalized spacial score (nSPS) is 12.8. The zero-order chi connectivity index (χ0) is 11.3. The highest BCUT2D eigenvalue weighted by atomic mass is 79.9. The van der Waals surface area contributed by atoms with Crippen molar-refractivity contribution in [2.24, 2.45) is 0 Å². The van der Waals surface area contributed by atoms with Crippen molar-refractivity contribution in [3.8, 4) is 0 Å². The van der Waals surface area contributed by atoms with Crippen molar-refractivity contribution in [1.29, 1.82) is 0 Å². The zero-order valence-electron chi connectivity index (χ0n) is 8.54. The highest BCUT2D eigenvalue weighted by molar-refractivity contribution is 9.10. The van der Waals surface area contributed by atoms with E-state index in [2.05, 4.69) is 15.9 Å². The van der Waals surface area contributed by atoms with Gasteiger partial charge in [0, 0.05) is 19.3 Å². The molecule has 84 valence electrons. The molecule has 0 aliphatic heterocycles. The van der Waals surface area contributed by atoms with Crippen LogP contribution in [0.1, 0.15) is 24.5 Å². The van der Waals surface area contributed by atoms with Crippen LogP contribution in [0.4, 0.5) is 4.39 Å². The molecule has 1 N–H and O–H groups in total. The van der Waals surface area contributed by atoms with Gasteiger partial charge in [-0.05, 0) is 34.8 Å². The molecule has 1 aromatic carbocycles. The summed E-state index contributed by atoms with van der Waals surface area (Å²) in [6, 6.07) is 4.92. The second kappa shape index (κ2) is 6.20. The summed E-state index contributed by atoms with van der Waals surface area (Å²) in [4.78, 5) is 0. The van der Waals surface area contributed by atoms with Crippen LogP contribution in [0.25, 0.3) is 0 Å². The van der Waals surface area contributed by atoms with Crippen LogP contribution in [0.5, 0.6) is 0 Å². The molecule has 0 aromatic heterocycles. The van der Waals surface area contributed by atoms with Crippen molar-refractivity contribution in [3.05, 3.63) is 34.1 Å². The zero-order valence-corrected chi connectivity index (χ0v) is 10.1. The lowest BCUT2D eigenvalue weighted by molar-refractivity contribution is 0.133. The van der Waals surface area contributed by atoms with Crippen LogP contribution in [0.2, 0.25) is 0 Å². The first kappa shape index (κ1) is 12.6. The molecule has 0 aliphatic carbocycles. The molecule has 0 heterocycles. The Balaban J connectivity index is 2.65. The molecule has 1 rings (SSSR count). The van der Waals surface area contributed by atoms with E-state index in [1.165, 1.54) is 0 Å². The summed E-state index contributed by atoms with van der Waals surface area (Å²) in [7, 11) is 1.60. The maximum absolute atomic E-state index is 13.5. The van der Waals surface area contributed by atoms with Gasteiger partial charge in [0.05, 0.1) is 10.6 Å². The molecular weight excluding hydrogens is 263 g/mol. The Hall–Kier alpha value is -0.450. The van der Waals surface area contributed by atoms with Crippen molar-refractivity contribution in [3.63, 3.8) is 0 Å². The van der Waals surface area contributed by atoms with Gasteiger partial charge in [-0.1, -0.05) is 12.1 Å². The monoisotopic (exact) mass is 276 g/mol. The molecule has 0 amide bonds. The van der Waals surface area contributed by atoms with E-state index in [9.17, 15) is 9.50 Å². The molecular formula is C11H14BrFO2. The average Bonchev–Trinajstić information content (AvgIpc) is 2.22. The first-order chi connectivity index (χ1) is 7.16. The number of hydrogen-bond donors (Lipinski definition) is 1. The van der Waals surface area contributed by atoms with Crippen LogP contribution in [0.3, 0.4) is 0 Å². The number of methoxy groups -OCH3 is 1. The minimum atomic E-state index is -0.766. The largest absolute Gasteiger partial charge is 0.388 e. The predicted molar refractivity (Wildman–Crippen MR) is 60.2 cm³/mol. The number of aliphatic hydroxyl groups is 1. The van der Waals surface area contributed by atoms with Gasteiger partial charge in [-0.15, -0.1) is 0 Å². The second-order valence-electron chi connectivity index (χ2n) is 3.29. The summed E-state index contributed by atoms with van der Waals surface area (Å²) < 4.78 is 18.8. The fraction of sp³-hybridized carbons (Fsp3) is 0.455. The molecule has 1 atom stereocenters. The lowest BCUT2D eigenvalue weighted by atomic mass is 10.0. The maximum atomic E-state index is 13.5. The van der Waals surface area contributed by atoms with Crippen LogP contribution in [-0.2, 0) is 4.74 Å². The summed E-state index contributed by atoms with van der Waals surface area (Å²) in [6.07, 6.45) is 0.447. The standard InChI is InChI=1S/C11H14BrFO2/c1-15-7-3-6-10(14)8-4-2-5-9(12)11(8)13/h2,4-5,10,14H,3,6-7H2,1H3. The number of ether oxygens (including phenoxy) is 1. The number of hydrogen-bond acceptors (Lipinski definition) is 2. The Labute approximate surface area is 97.2 Å². The molecule has 4 heteroatoms. The summed E-state index contributed by atoms with van der Waals surface area (Å²) in [5.41, 5.74) is 0.334. The number of benzene rings is 1. The minimum Gasteiger partial charge on any atom is -0.388 e. The maximum Gasteiger partial charge on any atom is 0.143 e. The van der Waals surface area contributed by atoms with Crippen molar-refractivity contribution in [2.45, 2.75) is 18.9 Å². The molecule has 15 heavy (non-hydrogen) atoms. The summed E-state index contributed by atoms with van der Waals surface area (Å²) >= 11 is 3.09. The van der Waals surface area contributed by atoms with E-state index in [1.54, 1.807) is 25.3 Å². The third-order valence-corrected chi connectivity index (χ3v) is 2.78. The molecule has 2 nitrogen and oxygen atoms in total. The van der Waals surface area contributed by atoms with Crippen LogP contribution >= 0.6 is 15.9 Å². The van der Waals surface area contributed by atoms with Crippen molar-refractivity contribution in [2.75, 3.05) is 13.7 Å². The van der Waals surface area contributed by atoms with Crippen molar-refractivity contribution in [1.82, 2.24) is 0 Å². The Morgan fingerprint density at radius 3 is 2.93 bits per heavy atom. The molecule has 1 unspecified atom stereocenters. The van der Waals surface area contributed by atoms with Gasteiger partial charge in [0.2, 0.25) is 0 Å². The van der Waals surface area contributed by atoms with Gasteiger partial charge < -0.3 is 9.84 Å². The first-order valence-corrected chi connectivity index (χ1v) is 5.57. The lowest BCUT2D eigenvalue weighted by Crippen LogP contribution is -2.02. The molecule has 0 bridgehead atoms. The summed E-state index contributed by atoms with van der Waals surface area (Å²) in [5, 5.41) is 9.74. The van der Waals surface area contributed by atoms with E-state index in [-0.39, 0.29) is 5.82 Å². The smallest absolute Gasteiger partial charge is 0.143 e. The number of halogens is 2. The Morgan fingerprint density at radius 2 is 2.27 bits per heavy atom. The topological polar surface area (TPSA) is 29.5 Å². The fourth-order valence-electron chi connectivity index (χ4n) is 1.35. The summed E-state index contributed by atoms with van der Waals surface area (Å²) in [5.74, 6) is -0.387. The van der Waals surface area contributed by atoms with Gasteiger partial charge in [-0.25, -0.2) is 4.39 Å². The SMILES string of the molecule is COCCCC(O)c1cccc(Br)c1F. The van der Waals surface area contributed by atoms with Crippen molar-refractivity contribution >= 4 is 15.9 Å². The third kappa shape index (κ3) is 3.55. The van der Waals surface area contributed by atoms with E-state index in [4.69, 9.17) is 4.74 Å². The van der Waals surface area contributed by atoms with Crippen LogP contribution in [-0.4, -0.2) is 18.8 Å². The molecule has 0 spiro atoms. The molecule has 0 saturated carbocycles. The Kier molecular flexibility index (Phi) is 5.22. The van der Waals surface area contributed by atoms with Crippen LogP contribution in [0, 0.1) is 5.82 Å². The first-order valence-electron chi connectivity index (χ1n) is 4.77. The molecule has 0 aliphatic rings. The molecule has 1 aromatic rings. The Bertz CT molecular complexity index is 317. The van der Waals surface area contributed by atoms with Crippen LogP contribution in [0.15, 0.2) is 22.7 Å². The molecule has 0 fully saturated rings. The summed E-state index contributed by atoms with van der Waals surface area (Å²) in [6.45, 7) is 0.576. The molecule has 0 saturated heterocycles. The van der Waals surface area contributed by atoms with Crippen molar-refractivity contribution < 1.29 is 14.2 Å². The quantitative estimate of drug-likeness (QED) is 0.838. The second-order valence-corrected chi connectivity index (χ2v) is 4.15. The van der Waals surface area contributed by atoms with Gasteiger partial charge in [0.1, 0.15) is 5.82 Å². The Morgan fingerprint density at radius 1 is 1.53 bits per heavy atom. The third-order valence-electron chi connectivity index (χ3n) is 2.17. The van der Waals surface area contributed by atoms with Gasteiger partial charge in [-0.3, -0.25) is 0 Å². The fourth-order valence-corrected chi connectivity index (χ4v) is 1.74. The van der Waals surface area contributed by atoms with E-state index in [1.807, 2.05) is 0 Å². The predicted octanol–water partition coefficient (Wildman–Crippen LogP) is 3.05. The highest BCUT2D eigenvalue weighted by Crippen LogP contribution is 2.26. The lowest BCUT2D eigenvalue weighted by Gasteiger charge is -2.12. The highest BCUT2D eigenvalue weighted by Gasteiger charge is 2.13. The van der Waals surface area contributed by atoms with E-state index in [0.717, 1.165) is 0 Å². The number of rotatable bonds is 5. The van der Waals surface area contributed by atoms with Crippen LogP contribution < -0.4 is 0 Å². The average molecular weight is 277 g/mol. The van der Waals surface area contributed by atoms with E-state index < -0.39 is 6.10 Å². The van der Waals surface area contributed by atoms with Gasteiger partial charge in [-0.2, -0.15) is 0 Å².